The molecule has 1 saturated carbocycles. The van der Waals surface area contributed by atoms with Gasteiger partial charge in [-0.3, -0.25) is 4.98 Å². The Labute approximate surface area is 141 Å². The molecule has 2 aromatic rings. The Hall–Kier alpha value is -2.61. The Morgan fingerprint density at radius 1 is 1.12 bits per heavy atom. The topological polar surface area (TPSA) is 74.9 Å². The number of hydrogen-bond donors (Lipinski definition) is 2. The number of hydrogen-bond acceptors (Lipinski definition) is 5. The van der Waals surface area contributed by atoms with Gasteiger partial charge in [0.2, 0.25) is 0 Å². The third-order valence-corrected chi connectivity index (χ3v) is 4.33. The van der Waals surface area contributed by atoms with Crippen molar-refractivity contribution >= 4 is 5.71 Å². The summed E-state index contributed by atoms with van der Waals surface area (Å²) in [7, 11) is 0. The predicted molar refractivity (Wildman–Crippen MR) is 82.5 cm³/mol. The molecule has 5 nitrogen and oxygen atoms in total. The summed E-state index contributed by atoms with van der Waals surface area (Å²) in [5.74, 6) is -0.339. The van der Waals surface area contributed by atoms with E-state index in [1.807, 2.05) is 0 Å². The van der Waals surface area contributed by atoms with Crippen molar-refractivity contribution in [2.75, 3.05) is 0 Å². The molecule has 2 N–H and O–H groups in total. The average molecular weight is 352 g/mol. The molecule has 1 heterocycles. The van der Waals surface area contributed by atoms with Crippen molar-refractivity contribution in [1.82, 2.24) is 4.98 Å². The molecule has 1 fully saturated rings. The van der Waals surface area contributed by atoms with E-state index in [0.717, 1.165) is 0 Å². The highest BCUT2D eigenvalue weighted by Crippen LogP contribution is 2.50. The number of aliphatic hydroxyl groups is 1. The lowest BCUT2D eigenvalue weighted by Gasteiger charge is -2.45. The van der Waals surface area contributed by atoms with Crippen LogP contribution < -0.4 is 4.74 Å². The van der Waals surface area contributed by atoms with E-state index in [4.69, 9.17) is 5.21 Å². The SMILES string of the molecule is ON=C1CC(c2ccc(OC(F)(F)F)cc2)([C@H](O)c2ccccn2)C1. The van der Waals surface area contributed by atoms with E-state index in [-0.39, 0.29) is 18.6 Å². The monoisotopic (exact) mass is 352 g/mol. The standard InChI is InChI=1S/C17H15F3N2O3/c18-17(19,20)25-13-6-4-11(5-7-13)16(9-12(10-16)22-24)15(23)14-3-1-2-8-21-14/h1-8,15,23-24H,9-10H2/t15-,16?/m1/s1. The van der Waals surface area contributed by atoms with E-state index in [9.17, 15) is 18.3 Å². The number of aliphatic hydroxyl groups excluding tert-OH is 1. The number of pyridine rings is 1. The molecule has 0 spiro atoms. The predicted octanol–water partition coefficient (Wildman–Crippen LogP) is 3.58. The minimum absolute atomic E-state index is 0.278. The Morgan fingerprint density at radius 3 is 2.32 bits per heavy atom. The summed E-state index contributed by atoms with van der Waals surface area (Å²) in [5.41, 5.74) is 0.750. The lowest BCUT2D eigenvalue weighted by molar-refractivity contribution is -0.274. The van der Waals surface area contributed by atoms with Gasteiger partial charge >= 0.3 is 6.36 Å². The molecule has 0 aliphatic heterocycles. The van der Waals surface area contributed by atoms with Gasteiger partial charge in [-0.15, -0.1) is 13.2 Å². The van der Waals surface area contributed by atoms with Crippen LogP contribution in [0.5, 0.6) is 5.75 Å². The number of oxime groups is 1. The molecule has 0 saturated heterocycles. The fourth-order valence-corrected chi connectivity index (χ4v) is 3.11. The maximum absolute atomic E-state index is 12.3. The first-order valence-corrected chi connectivity index (χ1v) is 7.49. The summed E-state index contributed by atoms with van der Waals surface area (Å²) in [5, 5.41) is 22.9. The zero-order valence-corrected chi connectivity index (χ0v) is 12.9. The maximum atomic E-state index is 12.3. The molecule has 8 heteroatoms. The van der Waals surface area contributed by atoms with Crippen molar-refractivity contribution in [2.24, 2.45) is 5.16 Å². The molecule has 25 heavy (non-hydrogen) atoms. The summed E-state index contributed by atoms with van der Waals surface area (Å²) < 4.78 is 40.7. The average Bonchev–Trinajstić information content (AvgIpc) is 2.55. The minimum Gasteiger partial charge on any atom is -0.411 e. The Balaban J connectivity index is 1.91. The number of rotatable bonds is 4. The molecule has 0 radical (unpaired) electrons. The van der Waals surface area contributed by atoms with E-state index < -0.39 is 17.9 Å². The Bertz CT molecular complexity index is 753. The van der Waals surface area contributed by atoms with Crippen molar-refractivity contribution in [3.63, 3.8) is 0 Å². The molecule has 1 aliphatic carbocycles. The molecule has 0 bridgehead atoms. The van der Waals surface area contributed by atoms with Gasteiger partial charge in [-0.1, -0.05) is 23.4 Å². The highest BCUT2D eigenvalue weighted by molar-refractivity contribution is 5.93. The van der Waals surface area contributed by atoms with Gasteiger partial charge < -0.3 is 15.1 Å². The highest BCUT2D eigenvalue weighted by Gasteiger charge is 2.50. The van der Waals surface area contributed by atoms with Crippen molar-refractivity contribution in [1.29, 1.82) is 0 Å². The molecule has 0 amide bonds. The molecular weight excluding hydrogens is 337 g/mol. The number of ether oxygens (including phenoxy) is 1. The lowest BCUT2D eigenvalue weighted by atomic mass is 9.59. The van der Waals surface area contributed by atoms with E-state index in [0.29, 0.717) is 17.0 Å². The van der Waals surface area contributed by atoms with Crippen LogP contribution in [0.1, 0.15) is 30.2 Å². The van der Waals surface area contributed by atoms with Crippen LogP contribution in [0.15, 0.2) is 53.8 Å². The van der Waals surface area contributed by atoms with Crippen molar-refractivity contribution in [3.8, 4) is 5.75 Å². The van der Waals surface area contributed by atoms with Crippen LogP contribution in [0, 0.1) is 0 Å². The van der Waals surface area contributed by atoms with E-state index in [1.54, 1.807) is 24.4 Å². The number of alkyl halides is 3. The quantitative estimate of drug-likeness (QED) is 0.652. The van der Waals surface area contributed by atoms with Gasteiger partial charge in [0.15, 0.2) is 0 Å². The molecule has 132 valence electrons. The van der Waals surface area contributed by atoms with Crippen LogP contribution >= 0.6 is 0 Å². The molecule has 1 atom stereocenters. The van der Waals surface area contributed by atoms with Crippen molar-refractivity contribution in [3.05, 3.63) is 59.9 Å². The van der Waals surface area contributed by atoms with Gasteiger partial charge in [-0.05, 0) is 29.8 Å². The third kappa shape index (κ3) is 3.43. The van der Waals surface area contributed by atoms with E-state index >= 15 is 0 Å². The summed E-state index contributed by atoms with van der Waals surface area (Å²) in [6, 6.07) is 10.5. The van der Waals surface area contributed by atoms with Crippen LogP contribution in [0.2, 0.25) is 0 Å². The van der Waals surface area contributed by atoms with Crippen molar-refractivity contribution < 1.29 is 28.2 Å². The molecule has 0 unspecified atom stereocenters. The Morgan fingerprint density at radius 2 is 1.80 bits per heavy atom. The fraction of sp³-hybridized carbons (Fsp3) is 0.294. The van der Waals surface area contributed by atoms with Crippen LogP contribution in [0.4, 0.5) is 13.2 Å². The second-order valence-electron chi connectivity index (χ2n) is 5.91. The van der Waals surface area contributed by atoms with E-state index in [2.05, 4.69) is 14.9 Å². The van der Waals surface area contributed by atoms with Gasteiger partial charge in [0.25, 0.3) is 0 Å². The molecule has 3 rings (SSSR count). The first-order chi connectivity index (χ1) is 11.8. The summed E-state index contributed by atoms with van der Waals surface area (Å²) >= 11 is 0. The van der Waals surface area contributed by atoms with Crippen molar-refractivity contribution in [2.45, 2.75) is 30.7 Å². The van der Waals surface area contributed by atoms with E-state index in [1.165, 1.54) is 24.3 Å². The maximum Gasteiger partial charge on any atom is 0.573 e. The fourth-order valence-electron chi connectivity index (χ4n) is 3.11. The molecular formula is C17H15F3N2O3. The normalized spacial score (nSPS) is 21.4. The third-order valence-electron chi connectivity index (χ3n) is 4.33. The number of halogens is 3. The molecule has 1 aromatic heterocycles. The first-order valence-electron chi connectivity index (χ1n) is 7.49. The number of aromatic nitrogens is 1. The van der Waals surface area contributed by atoms with Gasteiger partial charge in [0.05, 0.1) is 11.4 Å². The van der Waals surface area contributed by atoms with Crippen LogP contribution in [-0.2, 0) is 5.41 Å². The number of benzene rings is 1. The summed E-state index contributed by atoms with van der Waals surface area (Å²) in [6.45, 7) is 0. The lowest BCUT2D eigenvalue weighted by Crippen LogP contribution is -2.47. The summed E-state index contributed by atoms with van der Waals surface area (Å²) in [4.78, 5) is 4.14. The zero-order valence-electron chi connectivity index (χ0n) is 12.9. The number of nitrogens with zero attached hydrogens (tertiary/aromatic N) is 2. The second-order valence-corrected chi connectivity index (χ2v) is 5.91. The minimum atomic E-state index is -4.76. The van der Waals surface area contributed by atoms with Crippen LogP contribution in [0.25, 0.3) is 0 Å². The van der Waals surface area contributed by atoms with Gasteiger partial charge in [0.1, 0.15) is 11.9 Å². The van der Waals surface area contributed by atoms with Crippen LogP contribution in [0.3, 0.4) is 0 Å². The molecule has 1 aliphatic rings. The van der Waals surface area contributed by atoms with Gasteiger partial charge in [0, 0.05) is 24.5 Å². The largest absolute Gasteiger partial charge is 0.573 e. The smallest absolute Gasteiger partial charge is 0.411 e. The first kappa shape index (κ1) is 17.2. The van der Waals surface area contributed by atoms with Crippen LogP contribution in [-0.4, -0.2) is 27.4 Å². The van der Waals surface area contributed by atoms with Gasteiger partial charge in [-0.2, -0.15) is 0 Å². The molecule has 1 aromatic carbocycles. The Kier molecular flexibility index (Phi) is 4.38. The zero-order chi connectivity index (χ0) is 18.1. The second kappa shape index (κ2) is 6.36. The highest BCUT2D eigenvalue weighted by atomic mass is 19.4. The van der Waals surface area contributed by atoms with Gasteiger partial charge in [-0.25, -0.2) is 0 Å². The summed E-state index contributed by atoms with van der Waals surface area (Å²) in [6.07, 6.45) is -3.65.